The summed E-state index contributed by atoms with van der Waals surface area (Å²) in [6.45, 7) is -0.640. The Morgan fingerprint density at radius 2 is 1.62 bits per heavy atom. The van der Waals surface area contributed by atoms with E-state index in [2.05, 4.69) is 15.9 Å². The summed E-state index contributed by atoms with van der Waals surface area (Å²) in [7, 11) is -3.92. The first kappa shape index (κ1) is 15.5. The molecule has 2 aromatic carbocycles. The van der Waals surface area contributed by atoms with Gasteiger partial charge in [-0.1, -0.05) is 34.1 Å². The van der Waals surface area contributed by atoms with Gasteiger partial charge in [-0.2, -0.15) is 0 Å². The van der Waals surface area contributed by atoms with E-state index in [9.17, 15) is 13.2 Å². The maximum absolute atomic E-state index is 12.6. The molecule has 0 aliphatic carbocycles. The van der Waals surface area contributed by atoms with Gasteiger partial charge in [0.1, 0.15) is 6.54 Å². The normalized spacial score (nSPS) is 11.1. The molecule has 0 spiro atoms. The van der Waals surface area contributed by atoms with Crippen LogP contribution in [-0.2, 0) is 14.8 Å². The number of hydrogen-bond acceptors (Lipinski definition) is 3. The van der Waals surface area contributed by atoms with Crippen LogP contribution < -0.4 is 4.31 Å². The van der Waals surface area contributed by atoms with Gasteiger partial charge in [0.25, 0.3) is 10.0 Å². The first-order valence-corrected chi connectivity index (χ1v) is 8.20. The quantitative estimate of drug-likeness (QED) is 0.878. The van der Waals surface area contributed by atoms with Crippen molar-refractivity contribution in [3.63, 3.8) is 0 Å². The van der Waals surface area contributed by atoms with Crippen LogP contribution in [0, 0.1) is 0 Å². The molecule has 21 heavy (non-hydrogen) atoms. The highest BCUT2D eigenvalue weighted by Crippen LogP contribution is 2.25. The van der Waals surface area contributed by atoms with E-state index in [0.717, 1.165) is 8.78 Å². The molecule has 0 saturated carbocycles. The molecule has 7 heteroatoms. The van der Waals surface area contributed by atoms with Gasteiger partial charge in [-0.25, -0.2) is 8.42 Å². The van der Waals surface area contributed by atoms with Crippen LogP contribution in [0.5, 0.6) is 0 Å². The van der Waals surface area contributed by atoms with Crippen molar-refractivity contribution in [3.05, 3.63) is 59.1 Å². The van der Waals surface area contributed by atoms with Crippen LogP contribution in [0.4, 0.5) is 5.69 Å². The number of benzene rings is 2. The van der Waals surface area contributed by atoms with Crippen molar-refractivity contribution in [1.82, 2.24) is 0 Å². The molecule has 0 radical (unpaired) electrons. The van der Waals surface area contributed by atoms with Crippen LogP contribution in [0.1, 0.15) is 0 Å². The molecule has 0 atom stereocenters. The van der Waals surface area contributed by atoms with Crippen molar-refractivity contribution in [2.75, 3.05) is 10.8 Å². The van der Waals surface area contributed by atoms with Gasteiger partial charge >= 0.3 is 5.97 Å². The zero-order chi connectivity index (χ0) is 15.5. The maximum atomic E-state index is 12.6. The van der Waals surface area contributed by atoms with E-state index in [0.29, 0.717) is 5.69 Å². The highest BCUT2D eigenvalue weighted by Gasteiger charge is 2.26. The number of halogens is 1. The maximum Gasteiger partial charge on any atom is 0.324 e. The zero-order valence-corrected chi connectivity index (χ0v) is 13.2. The van der Waals surface area contributed by atoms with Crippen LogP contribution >= 0.6 is 15.9 Å². The molecule has 0 unspecified atom stereocenters. The zero-order valence-electron chi connectivity index (χ0n) is 10.8. The second-order valence-electron chi connectivity index (χ2n) is 4.19. The topological polar surface area (TPSA) is 74.7 Å². The monoisotopic (exact) mass is 369 g/mol. The highest BCUT2D eigenvalue weighted by molar-refractivity contribution is 9.10. The lowest BCUT2D eigenvalue weighted by Gasteiger charge is -2.22. The van der Waals surface area contributed by atoms with Crippen LogP contribution in [0.15, 0.2) is 64.0 Å². The van der Waals surface area contributed by atoms with Gasteiger partial charge in [0.15, 0.2) is 0 Å². The van der Waals surface area contributed by atoms with E-state index in [4.69, 9.17) is 5.11 Å². The highest BCUT2D eigenvalue weighted by atomic mass is 79.9. The van der Waals surface area contributed by atoms with Gasteiger partial charge in [-0.15, -0.1) is 0 Å². The molecule has 0 aliphatic rings. The average molecular weight is 370 g/mol. The van der Waals surface area contributed by atoms with E-state index >= 15 is 0 Å². The molecular formula is C14H12BrNO4S. The lowest BCUT2D eigenvalue weighted by Crippen LogP contribution is -2.35. The summed E-state index contributed by atoms with van der Waals surface area (Å²) < 4.78 is 26.9. The van der Waals surface area contributed by atoms with Crippen molar-refractivity contribution in [2.24, 2.45) is 0 Å². The largest absolute Gasteiger partial charge is 0.480 e. The number of anilines is 1. The standard InChI is InChI=1S/C14H12BrNO4S/c15-11-6-8-12(9-7-11)16(10-14(17)18)21(19,20)13-4-2-1-3-5-13/h1-9H,10H2,(H,17,18). The third kappa shape index (κ3) is 3.62. The van der Waals surface area contributed by atoms with E-state index in [-0.39, 0.29) is 4.90 Å². The Kier molecular flexibility index (Phi) is 4.64. The van der Waals surface area contributed by atoms with Crippen LogP contribution in [0.25, 0.3) is 0 Å². The molecule has 0 heterocycles. The Morgan fingerprint density at radius 3 is 2.14 bits per heavy atom. The molecule has 110 valence electrons. The summed E-state index contributed by atoms with van der Waals surface area (Å²) in [4.78, 5) is 11.1. The summed E-state index contributed by atoms with van der Waals surface area (Å²) in [6, 6.07) is 14.2. The fraction of sp³-hybridized carbons (Fsp3) is 0.0714. The Labute approximate surface area is 131 Å². The minimum absolute atomic E-state index is 0.0502. The van der Waals surface area contributed by atoms with E-state index < -0.39 is 22.5 Å². The van der Waals surface area contributed by atoms with E-state index in [1.807, 2.05) is 0 Å². The Morgan fingerprint density at radius 1 is 1.05 bits per heavy atom. The molecule has 0 bridgehead atoms. The smallest absolute Gasteiger partial charge is 0.324 e. The molecule has 1 N–H and O–H groups in total. The molecule has 5 nitrogen and oxygen atoms in total. The van der Waals surface area contributed by atoms with Crippen LogP contribution in [-0.4, -0.2) is 26.0 Å². The minimum atomic E-state index is -3.92. The number of carbonyl (C=O) groups is 1. The third-order valence-corrected chi connectivity index (χ3v) is 5.04. The van der Waals surface area contributed by atoms with Crippen LogP contribution in [0.3, 0.4) is 0 Å². The number of aliphatic carboxylic acids is 1. The SMILES string of the molecule is O=C(O)CN(c1ccc(Br)cc1)S(=O)(=O)c1ccccc1. The number of nitrogens with zero attached hydrogens (tertiary/aromatic N) is 1. The van der Waals surface area contributed by atoms with Crippen molar-refractivity contribution >= 4 is 37.6 Å². The molecule has 0 saturated heterocycles. The van der Waals surface area contributed by atoms with E-state index in [1.54, 1.807) is 42.5 Å². The summed E-state index contributed by atoms with van der Waals surface area (Å²) in [5, 5.41) is 8.99. The second-order valence-corrected chi connectivity index (χ2v) is 6.97. The fourth-order valence-electron chi connectivity index (χ4n) is 1.76. The average Bonchev–Trinajstić information content (AvgIpc) is 2.46. The minimum Gasteiger partial charge on any atom is -0.480 e. The predicted molar refractivity (Wildman–Crippen MR) is 82.8 cm³/mol. The molecule has 0 aromatic heterocycles. The van der Waals surface area contributed by atoms with Gasteiger partial charge in [-0.05, 0) is 36.4 Å². The molecule has 2 aromatic rings. The predicted octanol–water partition coefficient (Wildman–Crippen LogP) is 2.73. The lowest BCUT2D eigenvalue weighted by molar-refractivity contribution is -0.135. The summed E-state index contributed by atoms with van der Waals surface area (Å²) in [5.41, 5.74) is 0.296. The van der Waals surface area contributed by atoms with Crippen molar-refractivity contribution in [3.8, 4) is 0 Å². The second kappa shape index (κ2) is 6.28. The third-order valence-electron chi connectivity index (χ3n) is 2.72. The number of rotatable bonds is 5. The number of sulfonamides is 1. The molecule has 2 rings (SSSR count). The van der Waals surface area contributed by atoms with Crippen molar-refractivity contribution < 1.29 is 18.3 Å². The summed E-state index contributed by atoms with van der Waals surface area (Å²) in [5.74, 6) is -1.22. The Hall–Kier alpha value is -1.86. The van der Waals surface area contributed by atoms with Gasteiger partial charge < -0.3 is 5.11 Å². The summed E-state index contributed by atoms with van der Waals surface area (Å²) >= 11 is 3.26. The Bertz CT molecular complexity index is 729. The summed E-state index contributed by atoms with van der Waals surface area (Å²) in [6.07, 6.45) is 0. The van der Waals surface area contributed by atoms with Gasteiger partial charge in [0.05, 0.1) is 10.6 Å². The lowest BCUT2D eigenvalue weighted by atomic mass is 10.3. The van der Waals surface area contributed by atoms with Gasteiger partial charge in [-0.3, -0.25) is 9.10 Å². The van der Waals surface area contributed by atoms with Crippen molar-refractivity contribution in [2.45, 2.75) is 4.90 Å². The molecular weight excluding hydrogens is 358 g/mol. The Balaban J connectivity index is 2.50. The first-order chi connectivity index (χ1) is 9.91. The van der Waals surface area contributed by atoms with Crippen molar-refractivity contribution in [1.29, 1.82) is 0 Å². The number of carboxylic acids is 1. The van der Waals surface area contributed by atoms with E-state index in [1.165, 1.54) is 12.1 Å². The molecule has 0 aliphatic heterocycles. The number of carboxylic acid groups (broad SMARTS) is 1. The van der Waals surface area contributed by atoms with Crippen LogP contribution in [0.2, 0.25) is 0 Å². The van der Waals surface area contributed by atoms with Gasteiger partial charge in [0.2, 0.25) is 0 Å². The first-order valence-electron chi connectivity index (χ1n) is 5.96. The molecule has 0 amide bonds. The molecule has 0 fully saturated rings. The number of hydrogen-bond donors (Lipinski definition) is 1. The van der Waals surface area contributed by atoms with Gasteiger partial charge in [0, 0.05) is 4.47 Å². The fourth-order valence-corrected chi connectivity index (χ4v) is 3.46.